The lowest BCUT2D eigenvalue weighted by atomic mass is 9.95. The smallest absolute Gasteiger partial charge is 0.0934 e. The second kappa shape index (κ2) is 6.14. The van der Waals surface area contributed by atoms with Crippen LogP contribution in [0.2, 0.25) is 0 Å². The van der Waals surface area contributed by atoms with Crippen molar-refractivity contribution in [3.05, 3.63) is 59.7 Å². The summed E-state index contributed by atoms with van der Waals surface area (Å²) in [6.07, 6.45) is 0.138. The zero-order chi connectivity index (χ0) is 13.7. The molecule has 0 radical (unpaired) electrons. The predicted molar refractivity (Wildman–Crippen MR) is 70.3 cm³/mol. The van der Waals surface area contributed by atoms with Crippen molar-refractivity contribution in [3.63, 3.8) is 0 Å². The number of carboxylic acid groups (broad SMARTS) is 1. The summed E-state index contributed by atoms with van der Waals surface area (Å²) in [5.41, 5.74) is 3.42. The number of benzene rings is 2. The van der Waals surface area contributed by atoms with Crippen LogP contribution in [0, 0.1) is 0 Å². The number of alkyl halides is 1. The van der Waals surface area contributed by atoms with E-state index in [0.717, 1.165) is 16.7 Å². The number of hydrogen-bond acceptors (Lipinski definition) is 2. The minimum atomic E-state index is -1.13. The molecule has 19 heavy (non-hydrogen) atoms. The largest absolute Gasteiger partial charge is 0.550 e. The van der Waals surface area contributed by atoms with E-state index in [1.54, 1.807) is 12.1 Å². The van der Waals surface area contributed by atoms with Crippen molar-refractivity contribution >= 4 is 5.97 Å². The van der Waals surface area contributed by atoms with Crippen LogP contribution in [0.5, 0.6) is 0 Å². The molecule has 0 aliphatic carbocycles. The second-order valence-corrected chi connectivity index (χ2v) is 4.35. The molecule has 2 rings (SSSR count). The molecule has 2 aromatic carbocycles. The van der Waals surface area contributed by atoms with Crippen LogP contribution >= 0.6 is 0 Å². The van der Waals surface area contributed by atoms with Gasteiger partial charge in [-0.05, 0) is 22.3 Å². The monoisotopic (exact) mass is 257 g/mol. The lowest BCUT2D eigenvalue weighted by molar-refractivity contribution is -0.304. The van der Waals surface area contributed by atoms with E-state index < -0.39 is 12.6 Å². The molecule has 98 valence electrons. The fourth-order valence-electron chi connectivity index (χ4n) is 2.13. The average Bonchev–Trinajstić information content (AvgIpc) is 2.40. The van der Waals surface area contributed by atoms with Crippen LogP contribution in [0.1, 0.15) is 11.1 Å². The van der Waals surface area contributed by atoms with Crippen LogP contribution in [-0.4, -0.2) is 12.6 Å². The maximum absolute atomic E-state index is 12.6. The third kappa shape index (κ3) is 3.41. The Bertz CT molecular complexity index is 564. The molecule has 0 saturated carbocycles. The molecule has 2 aromatic rings. The Morgan fingerprint density at radius 1 is 1.11 bits per heavy atom. The molecule has 0 heterocycles. The van der Waals surface area contributed by atoms with Gasteiger partial charge >= 0.3 is 0 Å². The van der Waals surface area contributed by atoms with E-state index in [4.69, 9.17) is 0 Å². The van der Waals surface area contributed by atoms with E-state index >= 15 is 0 Å². The first-order chi connectivity index (χ1) is 9.20. The minimum absolute atomic E-state index is 0.144. The Morgan fingerprint density at radius 2 is 1.84 bits per heavy atom. The summed E-state index contributed by atoms with van der Waals surface area (Å²) in [6.45, 7) is -0.464. The highest BCUT2D eigenvalue weighted by atomic mass is 19.1. The van der Waals surface area contributed by atoms with Crippen LogP contribution in [0.15, 0.2) is 48.5 Å². The van der Waals surface area contributed by atoms with Crippen molar-refractivity contribution in [2.45, 2.75) is 12.8 Å². The number of rotatable bonds is 5. The summed E-state index contributed by atoms with van der Waals surface area (Å²) in [5, 5.41) is 10.6. The lowest BCUT2D eigenvalue weighted by Gasteiger charge is -2.11. The molecule has 0 N–H and O–H groups in total. The molecule has 0 amide bonds. The van der Waals surface area contributed by atoms with Crippen molar-refractivity contribution in [1.82, 2.24) is 0 Å². The van der Waals surface area contributed by atoms with Crippen LogP contribution in [0.25, 0.3) is 11.1 Å². The average molecular weight is 257 g/mol. The van der Waals surface area contributed by atoms with Gasteiger partial charge in [0, 0.05) is 18.8 Å². The summed E-state index contributed by atoms with van der Waals surface area (Å²) in [7, 11) is 0. The van der Waals surface area contributed by atoms with E-state index in [0.29, 0.717) is 5.56 Å². The second-order valence-electron chi connectivity index (χ2n) is 4.35. The fraction of sp³-hybridized carbons (Fsp3) is 0.188. The molecule has 3 heteroatoms. The van der Waals surface area contributed by atoms with Gasteiger partial charge in [0.25, 0.3) is 0 Å². The maximum Gasteiger partial charge on any atom is 0.0934 e. The molecule has 0 atom stereocenters. The Balaban J connectivity index is 2.41. The van der Waals surface area contributed by atoms with Gasteiger partial charge in [-0.3, -0.25) is 4.39 Å². The van der Waals surface area contributed by atoms with E-state index in [1.165, 1.54) is 0 Å². The summed E-state index contributed by atoms with van der Waals surface area (Å²) >= 11 is 0. The van der Waals surface area contributed by atoms with Gasteiger partial charge in [-0.25, -0.2) is 0 Å². The van der Waals surface area contributed by atoms with Crippen molar-refractivity contribution in [2.24, 2.45) is 0 Å². The molecule has 0 aliphatic rings. The third-order valence-corrected chi connectivity index (χ3v) is 2.97. The zero-order valence-electron chi connectivity index (χ0n) is 10.4. The first-order valence-electron chi connectivity index (χ1n) is 6.13. The molecule has 0 saturated heterocycles. The standard InChI is InChI=1S/C16H15FO2/c17-9-8-14-10-12(11-16(18)19)6-7-15(14)13-4-2-1-3-5-13/h1-7,10H,8-9,11H2,(H,18,19)/p-1. The molecule has 2 nitrogen and oxygen atoms in total. The summed E-state index contributed by atoms with van der Waals surface area (Å²) in [6, 6.07) is 15.0. The van der Waals surface area contributed by atoms with Gasteiger partial charge in [0.15, 0.2) is 0 Å². The molecular formula is C16H14FO2-. The van der Waals surface area contributed by atoms with Gasteiger partial charge in [0.05, 0.1) is 6.67 Å². The van der Waals surface area contributed by atoms with Gasteiger partial charge in [-0.15, -0.1) is 0 Å². The fourth-order valence-corrected chi connectivity index (χ4v) is 2.13. The van der Waals surface area contributed by atoms with Gasteiger partial charge in [0.2, 0.25) is 0 Å². The zero-order valence-corrected chi connectivity index (χ0v) is 10.4. The summed E-state index contributed by atoms with van der Waals surface area (Å²) in [5.74, 6) is -1.13. The topological polar surface area (TPSA) is 40.1 Å². The Kier molecular flexibility index (Phi) is 4.29. The van der Waals surface area contributed by atoms with Crippen LogP contribution < -0.4 is 5.11 Å². The number of aliphatic carboxylic acids is 1. The van der Waals surface area contributed by atoms with Gasteiger partial charge < -0.3 is 9.90 Å². The summed E-state index contributed by atoms with van der Waals surface area (Å²) < 4.78 is 12.6. The SMILES string of the molecule is O=C([O-])Cc1ccc(-c2ccccc2)c(CCF)c1. The number of carbonyl (C=O) groups excluding carboxylic acids is 1. The molecule has 0 aromatic heterocycles. The first kappa shape index (κ1) is 13.3. The molecule has 0 fully saturated rings. The maximum atomic E-state index is 12.6. The molecule has 0 unspecified atom stereocenters. The Labute approximate surface area is 111 Å². The van der Waals surface area contributed by atoms with Crippen LogP contribution in [-0.2, 0) is 17.6 Å². The van der Waals surface area contributed by atoms with E-state index in [-0.39, 0.29) is 12.8 Å². The Hall–Kier alpha value is -2.16. The molecule has 0 spiro atoms. The van der Waals surface area contributed by atoms with Crippen molar-refractivity contribution in [2.75, 3.05) is 6.67 Å². The van der Waals surface area contributed by atoms with Gasteiger partial charge in [0.1, 0.15) is 0 Å². The highest BCUT2D eigenvalue weighted by Crippen LogP contribution is 2.25. The number of carboxylic acids is 1. The number of carbonyl (C=O) groups is 1. The van der Waals surface area contributed by atoms with Crippen molar-refractivity contribution in [3.8, 4) is 11.1 Å². The molecule has 0 aliphatic heterocycles. The van der Waals surface area contributed by atoms with E-state index in [9.17, 15) is 14.3 Å². The summed E-state index contributed by atoms with van der Waals surface area (Å²) in [4.78, 5) is 10.6. The highest BCUT2D eigenvalue weighted by molar-refractivity contribution is 5.71. The lowest BCUT2D eigenvalue weighted by Crippen LogP contribution is -2.24. The predicted octanol–water partition coefficient (Wildman–Crippen LogP) is 2.16. The highest BCUT2D eigenvalue weighted by Gasteiger charge is 2.06. The molecular weight excluding hydrogens is 243 g/mol. The quantitative estimate of drug-likeness (QED) is 0.823. The van der Waals surface area contributed by atoms with Crippen LogP contribution in [0.3, 0.4) is 0 Å². The third-order valence-electron chi connectivity index (χ3n) is 2.97. The van der Waals surface area contributed by atoms with Crippen molar-refractivity contribution in [1.29, 1.82) is 0 Å². The van der Waals surface area contributed by atoms with Gasteiger partial charge in [-0.2, -0.15) is 0 Å². The van der Waals surface area contributed by atoms with E-state index in [2.05, 4.69) is 0 Å². The normalized spacial score (nSPS) is 10.4. The Morgan fingerprint density at radius 3 is 2.47 bits per heavy atom. The van der Waals surface area contributed by atoms with Gasteiger partial charge in [-0.1, -0.05) is 48.5 Å². The molecule has 0 bridgehead atoms. The van der Waals surface area contributed by atoms with E-state index in [1.807, 2.05) is 36.4 Å². The minimum Gasteiger partial charge on any atom is -0.550 e. The van der Waals surface area contributed by atoms with Crippen molar-refractivity contribution < 1.29 is 14.3 Å². The number of aryl methyl sites for hydroxylation is 1. The first-order valence-corrected chi connectivity index (χ1v) is 6.13. The number of halogens is 1. The van der Waals surface area contributed by atoms with Crippen LogP contribution in [0.4, 0.5) is 4.39 Å². The number of hydrogen-bond donors (Lipinski definition) is 0.